The number of phosphoric acid groups is 1. The first-order chi connectivity index (χ1) is 25.4. The van der Waals surface area contributed by atoms with Crippen LogP contribution in [0, 0.1) is 5.92 Å². The molecule has 0 saturated carbocycles. The Hall–Kier alpha value is -1.37. The molecule has 5 N–H and O–H groups in total. The van der Waals surface area contributed by atoms with Crippen LogP contribution in [0.2, 0.25) is 0 Å². The number of unbranched alkanes of at least 4 members (excludes halogenated alkanes) is 16. The molecule has 0 aromatic carbocycles. The molecule has 0 heterocycles. The van der Waals surface area contributed by atoms with Crippen LogP contribution in [0.5, 0.6) is 0 Å². The summed E-state index contributed by atoms with van der Waals surface area (Å²) in [6.45, 7) is 4.44. The van der Waals surface area contributed by atoms with Crippen molar-refractivity contribution >= 4 is 19.8 Å². The number of carbonyl (C=O) groups is 2. The minimum atomic E-state index is -4.65. The van der Waals surface area contributed by atoms with Crippen molar-refractivity contribution in [1.29, 1.82) is 0 Å². The van der Waals surface area contributed by atoms with E-state index in [0.29, 0.717) is 25.7 Å². The molecule has 0 radical (unpaired) electrons. The van der Waals surface area contributed by atoms with Gasteiger partial charge in [0.1, 0.15) is 12.7 Å². The summed E-state index contributed by atoms with van der Waals surface area (Å²) in [4.78, 5) is 34.9. The highest BCUT2D eigenvalue weighted by atomic mass is 31.2. The summed E-state index contributed by atoms with van der Waals surface area (Å²) in [6.07, 6.45) is 22.1. The van der Waals surface area contributed by atoms with E-state index in [0.717, 1.165) is 63.7 Å². The fourth-order valence-electron chi connectivity index (χ4n) is 5.67. The van der Waals surface area contributed by atoms with Gasteiger partial charge in [-0.1, -0.05) is 136 Å². The number of phosphoric ester groups is 1. The molecular formula is C40H77O12P. The predicted molar refractivity (Wildman–Crippen MR) is 208 cm³/mol. The van der Waals surface area contributed by atoms with Crippen molar-refractivity contribution in [2.45, 2.75) is 199 Å². The second-order valence-electron chi connectivity index (χ2n) is 14.8. The van der Waals surface area contributed by atoms with Gasteiger partial charge < -0.3 is 34.8 Å². The Morgan fingerprint density at radius 1 is 0.642 bits per heavy atom. The van der Waals surface area contributed by atoms with Crippen LogP contribution >= 0.6 is 7.82 Å². The monoisotopic (exact) mass is 781 g/mol. The average molecular weight is 781 g/mol. The fraction of sp³-hybridized carbons (Fsp3) is 0.900. The molecule has 314 valence electrons. The molecule has 0 spiro atoms. The Morgan fingerprint density at radius 3 is 1.74 bits per heavy atom. The Labute approximate surface area is 321 Å². The molecule has 0 rings (SSSR count). The molecular weight excluding hydrogens is 703 g/mol. The molecule has 0 saturated heterocycles. The molecule has 0 fully saturated rings. The molecule has 1 unspecified atom stereocenters. The summed E-state index contributed by atoms with van der Waals surface area (Å²) in [7, 11) is -4.65. The lowest BCUT2D eigenvalue weighted by Gasteiger charge is -2.20. The van der Waals surface area contributed by atoms with Crippen molar-refractivity contribution in [3.05, 3.63) is 12.2 Å². The first-order valence-corrected chi connectivity index (χ1v) is 22.2. The van der Waals surface area contributed by atoms with E-state index >= 15 is 0 Å². The SMILES string of the molecule is CCCCC/C=C\C[C@H](O)[C@@H](O)CCCCCCCC(=O)O[C@H](COC(=O)CCCCCCCCCCCCC(C)C)COP(=O)(O)OC[C@@H](O)CO. The topological polar surface area (TPSA) is 189 Å². The summed E-state index contributed by atoms with van der Waals surface area (Å²) in [5.74, 6) is -0.253. The standard InChI is InChI=1S/C40H77O12P/c1-4-5-6-7-16-21-26-37(43)38(44)27-22-17-14-19-24-29-40(46)52-36(33-51-53(47,48)50-31-35(42)30-41)32-49-39(45)28-23-18-13-11-9-8-10-12-15-20-25-34(2)3/h16,21,34-38,41-44H,4-15,17-20,22-33H2,1-3H3,(H,47,48)/b21-16-/t35-,36+,37-,38-/m0/s1. The van der Waals surface area contributed by atoms with Gasteiger partial charge in [0, 0.05) is 12.8 Å². The number of rotatable bonds is 38. The van der Waals surface area contributed by atoms with Crippen LogP contribution in [0.3, 0.4) is 0 Å². The van der Waals surface area contributed by atoms with Crippen molar-refractivity contribution in [3.8, 4) is 0 Å². The third-order valence-corrected chi connectivity index (χ3v) is 10.00. The van der Waals surface area contributed by atoms with E-state index in [1.54, 1.807) is 0 Å². The number of ether oxygens (including phenoxy) is 2. The number of carbonyl (C=O) groups excluding carboxylic acids is 2. The van der Waals surface area contributed by atoms with E-state index in [-0.39, 0.29) is 19.4 Å². The lowest BCUT2D eigenvalue weighted by atomic mass is 10.0. The highest BCUT2D eigenvalue weighted by molar-refractivity contribution is 7.47. The van der Waals surface area contributed by atoms with Gasteiger partial charge >= 0.3 is 19.8 Å². The van der Waals surface area contributed by atoms with Crippen LogP contribution in [0.25, 0.3) is 0 Å². The normalized spacial score (nSPS) is 15.3. The number of esters is 2. The lowest BCUT2D eigenvalue weighted by molar-refractivity contribution is -0.161. The maximum atomic E-state index is 12.6. The Morgan fingerprint density at radius 2 is 1.17 bits per heavy atom. The van der Waals surface area contributed by atoms with Crippen LogP contribution in [0.4, 0.5) is 0 Å². The van der Waals surface area contributed by atoms with Gasteiger partial charge in [-0.05, 0) is 44.4 Å². The first kappa shape index (κ1) is 51.6. The number of aliphatic hydroxyl groups is 4. The number of hydrogen-bond acceptors (Lipinski definition) is 11. The predicted octanol–water partition coefficient (Wildman–Crippen LogP) is 8.24. The quantitative estimate of drug-likeness (QED) is 0.0175. The second kappa shape index (κ2) is 35.1. The van der Waals surface area contributed by atoms with Gasteiger partial charge in [0.2, 0.25) is 0 Å². The Balaban J connectivity index is 4.45. The summed E-state index contributed by atoms with van der Waals surface area (Å²) in [5.41, 5.74) is 0. The van der Waals surface area contributed by atoms with Crippen molar-refractivity contribution < 1.29 is 58.0 Å². The van der Waals surface area contributed by atoms with Crippen LogP contribution in [-0.2, 0) is 32.7 Å². The van der Waals surface area contributed by atoms with Gasteiger partial charge in [-0.3, -0.25) is 18.6 Å². The zero-order valence-corrected chi connectivity index (χ0v) is 34.3. The molecule has 53 heavy (non-hydrogen) atoms. The van der Waals surface area contributed by atoms with Crippen molar-refractivity contribution in [3.63, 3.8) is 0 Å². The molecule has 0 aromatic heterocycles. The van der Waals surface area contributed by atoms with E-state index in [2.05, 4.69) is 31.4 Å². The summed E-state index contributed by atoms with van der Waals surface area (Å²) in [6, 6.07) is 0. The van der Waals surface area contributed by atoms with Gasteiger partial charge in [-0.25, -0.2) is 4.57 Å². The lowest BCUT2D eigenvalue weighted by Crippen LogP contribution is -2.29. The third-order valence-electron chi connectivity index (χ3n) is 9.05. The first-order valence-electron chi connectivity index (χ1n) is 20.7. The van der Waals surface area contributed by atoms with E-state index in [1.165, 1.54) is 57.8 Å². The van der Waals surface area contributed by atoms with E-state index in [1.807, 2.05) is 6.08 Å². The van der Waals surface area contributed by atoms with Crippen LogP contribution in [-0.4, -0.2) is 88.1 Å². The molecule has 5 atom stereocenters. The van der Waals surface area contributed by atoms with Gasteiger partial charge in [0.25, 0.3) is 0 Å². The van der Waals surface area contributed by atoms with Crippen molar-refractivity contribution in [2.75, 3.05) is 26.4 Å². The van der Waals surface area contributed by atoms with E-state index in [4.69, 9.17) is 19.1 Å². The molecule has 0 amide bonds. The molecule has 0 aliphatic rings. The molecule has 0 aliphatic carbocycles. The summed E-state index contributed by atoms with van der Waals surface area (Å²) in [5, 5.41) is 38.7. The maximum Gasteiger partial charge on any atom is 0.472 e. The van der Waals surface area contributed by atoms with Gasteiger partial charge in [0.05, 0.1) is 32.0 Å². The summed E-state index contributed by atoms with van der Waals surface area (Å²) >= 11 is 0. The van der Waals surface area contributed by atoms with Gasteiger partial charge in [-0.2, -0.15) is 0 Å². The number of aliphatic hydroxyl groups excluding tert-OH is 4. The summed E-state index contributed by atoms with van der Waals surface area (Å²) < 4.78 is 32.6. The smallest absolute Gasteiger partial charge is 0.462 e. The minimum Gasteiger partial charge on any atom is -0.462 e. The highest BCUT2D eigenvalue weighted by Crippen LogP contribution is 2.43. The van der Waals surface area contributed by atoms with Gasteiger partial charge in [-0.15, -0.1) is 0 Å². The van der Waals surface area contributed by atoms with Gasteiger partial charge in [0.15, 0.2) is 6.10 Å². The molecule has 0 aliphatic heterocycles. The number of allylic oxidation sites excluding steroid dienone is 1. The van der Waals surface area contributed by atoms with Crippen molar-refractivity contribution in [1.82, 2.24) is 0 Å². The fourth-order valence-corrected chi connectivity index (χ4v) is 6.46. The van der Waals surface area contributed by atoms with E-state index in [9.17, 15) is 34.4 Å². The molecule has 13 heteroatoms. The van der Waals surface area contributed by atoms with Crippen LogP contribution in [0.1, 0.15) is 175 Å². The maximum absolute atomic E-state index is 12.6. The Kier molecular flexibility index (Phi) is 34.2. The second-order valence-corrected chi connectivity index (χ2v) is 16.3. The highest BCUT2D eigenvalue weighted by Gasteiger charge is 2.27. The average Bonchev–Trinajstić information content (AvgIpc) is 3.12. The number of hydrogen-bond donors (Lipinski definition) is 5. The molecule has 0 aromatic rings. The molecule has 12 nitrogen and oxygen atoms in total. The Bertz CT molecular complexity index is 947. The molecule has 0 bridgehead atoms. The minimum absolute atomic E-state index is 0.0878. The largest absolute Gasteiger partial charge is 0.472 e. The van der Waals surface area contributed by atoms with E-state index < -0.39 is 64.0 Å². The third kappa shape index (κ3) is 34.8. The zero-order chi connectivity index (χ0) is 39.6. The zero-order valence-electron chi connectivity index (χ0n) is 33.4. The van der Waals surface area contributed by atoms with Crippen LogP contribution < -0.4 is 0 Å². The van der Waals surface area contributed by atoms with Crippen LogP contribution in [0.15, 0.2) is 12.2 Å². The van der Waals surface area contributed by atoms with Crippen molar-refractivity contribution in [2.24, 2.45) is 5.92 Å².